The maximum atomic E-state index is 8.78. The Kier molecular flexibility index (Phi) is 14.7. The Hall–Kier alpha value is -1.24. The molecule has 3 N–H and O–H groups in total. The van der Waals surface area contributed by atoms with Crippen molar-refractivity contribution in [3.05, 3.63) is 36.4 Å². The van der Waals surface area contributed by atoms with Crippen molar-refractivity contribution in [2.45, 2.75) is 0 Å². The quantitative estimate of drug-likeness (QED) is 0.463. The van der Waals surface area contributed by atoms with E-state index >= 15 is 0 Å². The predicted octanol–water partition coefficient (Wildman–Crippen LogP) is 0.127. The zero-order valence-corrected chi connectivity index (χ0v) is 7.52. The van der Waals surface area contributed by atoms with Gasteiger partial charge in [0, 0.05) is 11.3 Å². The number of carbonyl (C=O) groups is 1. The van der Waals surface area contributed by atoms with Crippen molar-refractivity contribution in [2.24, 2.45) is 5.14 Å². The van der Waals surface area contributed by atoms with Crippen molar-refractivity contribution in [3.63, 3.8) is 0 Å². The van der Waals surface area contributed by atoms with E-state index in [1.165, 1.54) is 0 Å². The summed E-state index contributed by atoms with van der Waals surface area (Å²) < 4.78 is 17.6. The van der Waals surface area contributed by atoms with Crippen LogP contribution in [0, 0.1) is 0 Å². The van der Waals surface area contributed by atoms with Crippen LogP contribution in [-0.4, -0.2) is 20.3 Å². The molecule has 1 aromatic carbocycles. The van der Waals surface area contributed by atoms with Crippen LogP contribution in [0.2, 0.25) is 0 Å². The van der Waals surface area contributed by atoms with Crippen molar-refractivity contribution < 1.29 is 18.7 Å². The Labute approximate surface area is 78.6 Å². The van der Waals surface area contributed by atoms with E-state index < -0.39 is 11.3 Å². The van der Waals surface area contributed by atoms with Crippen LogP contribution in [0.1, 0.15) is 0 Å². The average molecular weight is 204 g/mol. The van der Waals surface area contributed by atoms with E-state index in [9.17, 15) is 0 Å². The van der Waals surface area contributed by atoms with Gasteiger partial charge in [-0.3, -0.25) is 14.1 Å². The minimum atomic E-state index is -2.36. The van der Waals surface area contributed by atoms with E-state index in [4.69, 9.17) is 18.7 Å². The number of hydrogen-bond donors (Lipinski definition) is 2. The second-order valence-corrected chi connectivity index (χ2v) is 2.04. The molecule has 0 aliphatic carbocycles. The van der Waals surface area contributed by atoms with Crippen molar-refractivity contribution >= 4 is 17.7 Å². The molecular formula is C7H10NO4S-. The molecule has 0 heterocycles. The fraction of sp³-hybridized carbons (Fsp3) is 0. The van der Waals surface area contributed by atoms with E-state index in [0.29, 0.717) is 0 Å². The monoisotopic (exact) mass is 204 g/mol. The summed E-state index contributed by atoms with van der Waals surface area (Å²) in [7, 11) is 0. The van der Waals surface area contributed by atoms with Gasteiger partial charge >= 0.3 is 0 Å². The van der Waals surface area contributed by atoms with Crippen molar-refractivity contribution in [1.82, 2.24) is 0 Å². The molecule has 0 fully saturated rings. The molecule has 0 aliphatic heterocycles. The standard InChI is InChI=1S/C6H6.CH2O2.H3NO2S/c1-2-4-6-5-3-1;2-1-3;1-4(2)3/h1-6H;1H,(H,2,3);1H2,(H,2,3)/p-1. The van der Waals surface area contributed by atoms with Gasteiger partial charge in [0.25, 0.3) is 6.47 Å². The largest absolute Gasteiger partial charge is 0.760 e. The zero-order chi connectivity index (χ0) is 10.5. The fourth-order valence-corrected chi connectivity index (χ4v) is 0.385. The third-order valence-electron chi connectivity index (χ3n) is 0.667. The first kappa shape index (κ1) is 14.3. The molecule has 0 spiro atoms. The Morgan fingerprint density at radius 1 is 1.15 bits per heavy atom. The van der Waals surface area contributed by atoms with E-state index in [1.807, 2.05) is 36.4 Å². The number of carboxylic acid groups (broad SMARTS) is 1. The Bertz CT molecular complexity index is 186. The lowest BCUT2D eigenvalue weighted by Gasteiger charge is -1.85. The third kappa shape index (κ3) is 36.4. The Morgan fingerprint density at radius 3 is 1.31 bits per heavy atom. The lowest BCUT2D eigenvalue weighted by molar-refractivity contribution is -0.122. The van der Waals surface area contributed by atoms with E-state index in [-0.39, 0.29) is 6.47 Å². The molecule has 0 amide bonds. The van der Waals surface area contributed by atoms with Crippen LogP contribution in [0.15, 0.2) is 36.4 Å². The van der Waals surface area contributed by atoms with Crippen molar-refractivity contribution in [2.75, 3.05) is 0 Å². The van der Waals surface area contributed by atoms with Gasteiger partial charge in [-0.1, -0.05) is 36.4 Å². The SMILES string of the molecule is NS(=O)[O-].O=CO.c1ccccc1. The molecule has 74 valence electrons. The highest BCUT2D eigenvalue weighted by Crippen LogP contribution is 1.79. The summed E-state index contributed by atoms with van der Waals surface area (Å²) in [6.07, 6.45) is 0. The van der Waals surface area contributed by atoms with Crippen LogP contribution >= 0.6 is 0 Å². The summed E-state index contributed by atoms with van der Waals surface area (Å²) in [5, 5.41) is 10.9. The summed E-state index contributed by atoms with van der Waals surface area (Å²) in [5.41, 5.74) is 0. The molecule has 13 heavy (non-hydrogen) atoms. The van der Waals surface area contributed by atoms with E-state index in [0.717, 1.165) is 0 Å². The molecule has 1 atom stereocenters. The maximum absolute atomic E-state index is 8.78. The molecule has 5 nitrogen and oxygen atoms in total. The fourth-order valence-electron chi connectivity index (χ4n) is 0.385. The molecule has 0 saturated carbocycles. The minimum Gasteiger partial charge on any atom is -0.760 e. The highest BCUT2D eigenvalue weighted by molar-refractivity contribution is 7.76. The summed E-state index contributed by atoms with van der Waals surface area (Å²) in [6, 6.07) is 12.0. The van der Waals surface area contributed by atoms with Gasteiger partial charge in [0.1, 0.15) is 0 Å². The molecule has 0 aromatic heterocycles. The molecule has 0 radical (unpaired) electrons. The van der Waals surface area contributed by atoms with Crippen molar-refractivity contribution in [3.8, 4) is 0 Å². The van der Waals surface area contributed by atoms with Gasteiger partial charge in [0.05, 0.1) is 0 Å². The Morgan fingerprint density at radius 2 is 1.23 bits per heavy atom. The lowest BCUT2D eigenvalue weighted by atomic mass is 10.4. The maximum Gasteiger partial charge on any atom is 0.290 e. The zero-order valence-electron chi connectivity index (χ0n) is 6.70. The van der Waals surface area contributed by atoms with Gasteiger partial charge in [-0.05, 0) is 0 Å². The van der Waals surface area contributed by atoms with E-state index in [1.54, 1.807) is 0 Å². The van der Waals surface area contributed by atoms with Gasteiger partial charge in [0.15, 0.2) is 0 Å². The van der Waals surface area contributed by atoms with Gasteiger partial charge in [-0.15, -0.1) is 0 Å². The van der Waals surface area contributed by atoms with Gasteiger partial charge in [-0.25, -0.2) is 0 Å². The summed E-state index contributed by atoms with van der Waals surface area (Å²) >= 11 is -2.36. The van der Waals surface area contributed by atoms with Gasteiger partial charge in [-0.2, -0.15) is 0 Å². The van der Waals surface area contributed by atoms with Gasteiger partial charge in [0.2, 0.25) is 0 Å². The van der Waals surface area contributed by atoms with Gasteiger partial charge < -0.3 is 9.66 Å². The van der Waals surface area contributed by atoms with Crippen LogP contribution in [0.25, 0.3) is 0 Å². The second kappa shape index (κ2) is 13.4. The first-order valence-corrected chi connectivity index (χ1v) is 4.20. The Balaban J connectivity index is 0. The first-order valence-electron chi connectivity index (χ1n) is 3.06. The molecule has 0 saturated heterocycles. The molecule has 0 aliphatic rings. The molecule has 6 heteroatoms. The second-order valence-electron chi connectivity index (χ2n) is 1.52. The molecule has 1 rings (SSSR count). The smallest absolute Gasteiger partial charge is 0.290 e. The number of nitrogens with two attached hydrogens (primary N) is 1. The predicted molar refractivity (Wildman–Crippen MR) is 48.2 cm³/mol. The molecular weight excluding hydrogens is 194 g/mol. The average Bonchev–Trinajstić information content (AvgIpc) is 2.08. The number of rotatable bonds is 0. The third-order valence-corrected chi connectivity index (χ3v) is 0.667. The van der Waals surface area contributed by atoms with Crippen LogP contribution in [0.4, 0.5) is 0 Å². The number of benzene rings is 1. The number of hydrogen-bond acceptors (Lipinski definition) is 3. The highest BCUT2D eigenvalue weighted by atomic mass is 32.2. The topological polar surface area (TPSA) is 103 Å². The molecule has 1 aromatic rings. The van der Waals surface area contributed by atoms with E-state index in [2.05, 4.69) is 5.14 Å². The van der Waals surface area contributed by atoms with Crippen LogP contribution < -0.4 is 5.14 Å². The van der Waals surface area contributed by atoms with Crippen LogP contribution in [-0.2, 0) is 16.1 Å². The van der Waals surface area contributed by atoms with Crippen LogP contribution in [0.3, 0.4) is 0 Å². The van der Waals surface area contributed by atoms with Crippen LogP contribution in [0.5, 0.6) is 0 Å². The highest BCUT2D eigenvalue weighted by Gasteiger charge is 1.57. The lowest BCUT2D eigenvalue weighted by Crippen LogP contribution is -1.97. The molecule has 1 unspecified atom stereocenters. The summed E-state index contributed by atoms with van der Waals surface area (Å²) in [6.45, 7) is -0.250. The first-order chi connectivity index (χ1) is 6.15. The normalized spacial score (nSPS) is 9.38. The summed E-state index contributed by atoms with van der Waals surface area (Å²) in [5.74, 6) is 0. The van der Waals surface area contributed by atoms with Crippen molar-refractivity contribution in [1.29, 1.82) is 0 Å². The summed E-state index contributed by atoms with van der Waals surface area (Å²) in [4.78, 5) is 8.36. The molecule has 0 bridgehead atoms. The minimum absolute atomic E-state index is 0.250.